The number of likely N-dealkylation sites (N-methyl/N-ethyl adjacent to an activating group) is 1. The standard InChI is InChI=1S/C15H21NO4S/c1-15(2,3)20-14(19)16(4)11(13(17)18)9-10-7-5-6-8-12(10)21/h5-8,11,21H,9H2,1-4H3,(H,17,18)/t11-/m0/s1. The number of thiol groups is 1. The molecule has 0 aliphatic rings. The topological polar surface area (TPSA) is 66.8 Å². The molecule has 1 rings (SSSR count). The predicted octanol–water partition coefficient (Wildman–Crippen LogP) is 2.84. The fourth-order valence-corrected chi connectivity index (χ4v) is 1.99. The zero-order chi connectivity index (χ0) is 16.2. The van der Waals surface area contributed by atoms with E-state index in [0.29, 0.717) is 4.90 Å². The third kappa shape index (κ3) is 5.30. The molecular weight excluding hydrogens is 290 g/mol. The van der Waals surface area contributed by atoms with Crippen molar-refractivity contribution in [3.63, 3.8) is 0 Å². The van der Waals surface area contributed by atoms with Crippen LogP contribution in [0.1, 0.15) is 26.3 Å². The fraction of sp³-hybridized carbons (Fsp3) is 0.467. The van der Waals surface area contributed by atoms with Crippen molar-refractivity contribution in [1.29, 1.82) is 0 Å². The average molecular weight is 311 g/mol. The van der Waals surface area contributed by atoms with Crippen LogP contribution >= 0.6 is 12.6 Å². The Morgan fingerprint density at radius 1 is 1.33 bits per heavy atom. The van der Waals surface area contributed by atoms with Crippen molar-refractivity contribution in [2.24, 2.45) is 0 Å². The van der Waals surface area contributed by atoms with Crippen LogP contribution in [0.3, 0.4) is 0 Å². The largest absolute Gasteiger partial charge is 0.480 e. The summed E-state index contributed by atoms with van der Waals surface area (Å²) < 4.78 is 5.20. The normalized spacial score (nSPS) is 12.6. The maximum atomic E-state index is 12.0. The Kier molecular flexibility index (Phi) is 5.66. The Morgan fingerprint density at radius 2 is 1.90 bits per heavy atom. The molecule has 0 heterocycles. The lowest BCUT2D eigenvalue weighted by Crippen LogP contribution is -2.46. The molecule has 0 saturated carbocycles. The van der Waals surface area contributed by atoms with Gasteiger partial charge < -0.3 is 9.84 Å². The predicted molar refractivity (Wildman–Crippen MR) is 82.8 cm³/mol. The lowest BCUT2D eigenvalue weighted by Gasteiger charge is -2.28. The minimum atomic E-state index is -1.08. The van der Waals surface area contributed by atoms with E-state index < -0.39 is 23.7 Å². The fourth-order valence-electron chi connectivity index (χ4n) is 1.74. The Hall–Kier alpha value is -1.69. The molecule has 5 nitrogen and oxygen atoms in total. The van der Waals surface area contributed by atoms with Gasteiger partial charge in [0.1, 0.15) is 11.6 Å². The van der Waals surface area contributed by atoms with E-state index in [1.54, 1.807) is 39.0 Å². The second-order valence-electron chi connectivity index (χ2n) is 5.78. The molecule has 1 N–H and O–H groups in total. The molecule has 1 amide bonds. The highest BCUT2D eigenvalue weighted by atomic mass is 32.1. The van der Waals surface area contributed by atoms with Crippen LogP contribution in [0, 0.1) is 0 Å². The second kappa shape index (κ2) is 6.85. The molecule has 21 heavy (non-hydrogen) atoms. The zero-order valence-corrected chi connectivity index (χ0v) is 13.6. The number of amides is 1. The van der Waals surface area contributed by atoms with Gasteiger partial charge in [0.15, 0.2) is 0 Å². The Bertz CT molecular complexity index is 525. The van der Waals surface area contributed by atoms with Crippen LogP contribution in [-0.2, 0) is 16.0 Å². The van der Waals surface area contributed by atoms with E-state index >= 15 is 0 Å². The molecule has 1 atom stereocenters. The number of hydrogen-bond acceptors (Lipinski definition) is 4. The van der Waals surface area contributed by atoms with Crippen LogP contribution in [0.2, 0.25) is 0 Å². The van der Waals surface area contributed by atoms with Gasteiger partial charge in [-0.2, -0.15) is 0 Å². The van der Waals surface area contributed by atoms with Gasteiger partial charge in [0.2, 0.25) is 0 Å². The molecule has 0 bridgehead atoms. The number of carboxylic acids is 1. The summed E-state index contributed by atoms with van der Waals surface area (Å²) in [5.74, 6) is -1.08. The van der Waals surface area contributed by atoms with Crippen molar-refractivity contribution < 1.29 is 19.4 Å². The summed E-state index contributed by atoms with van der Waals surface area (Å²) in [5, 5.41) is 9.37. The first-order chi connectivity index (χ1) is 9.61. The number of carbonyl (C=O) groups excluding carboxylic acids is 1. The molecule has 0 aromatic heterocycles. The third-order valence-corrected chi connectivity index (χ3v) is 3.28. The van der Waals surface area contributed by atoms with Gasteiger partial charge in [-0.25, -0.2) is 9.59 Å². The quantitative estimate of drug-likeness (QED) is 0.839. The highest BCUT2D eigenvalue weighted by molar-refractivity contribution is 7.80. The van der Waals surface area contributed by atoms with E-state index in [1.807, 2.05) is 6.07 Å². The summed E-state index contributed by atoms with van der Waals surface area (Å²) in [6, 6.07) is 6.19. The highest BCUT2D eigenvalue weighted by Gasteiger charge is 2.30. The molecule has 0 aliphatic heterocycles. The lowest BCUT2D eigenvalue weighted by atomic mass is 10.1. The van der Waals surface area contributed by atoms with Crippen LogP contribution in [0.5, 0.6) is 0 Å². The van der Waals surface area contributed by atoms with E-state index in [-0.39, 0.29) is 6.42 Å². The highest BCUT2D eigenvalue weighted by Crippen LogP contribution is 2.18. The monoisotopic (exact) mass is 311 g/mol. The van der Waals surface area contributed by atoms with Crippen LogP contribution in [0.15, 0.2) is 29.2 Å². The van der Waals surface area contributed by atoms with E-state index in [1.165, 1.54) is 7.05 Å². The van der Waals surface area contributed by atoms with Gasteiger partial charge in [-0.3, -0.25) is 4.90 Å². The summed E-state index contributed by atoms with van der Waals surface area (Å²) in [7, 11) is 1.42. The van der Waals surface area contributed by atoms with E-state index in [2.05, 4.69) is 12.6 Å². The molecule has 0 aliphatic carbocycles. The van der Waals surface area contributed by atoms with Gasteiger partial charge in [0, 0.05) is 18.4 Å². The molecule has 1 aromatic rings. The van der Waals surface area contributed by atoms with E-state index in [0.717, 1.165) is 10.5 Å². The SMILES string of the molecule is CN(C(=O)OC(C)(C)C)[C@@H](Cc1ccccc1S)C(=O)O. The van der Waals surface area contributed by atoms with Crippen LogP contribution in [0.25, 0.3) is 0 Å². The van der Waals surface area contributed by atoms with Gasteiger partial charge in [-0.1, -0.05) is 18.2 Å². The summed E-state index contributed by atoms with van der Waals surface area (Å²) in [4.78, 5) is 25.3. The molecule has 0 unspecified atom stereocenters. The number of nitrogens with zero attached hydrogens (tertiary/aromatic N) is 1. The number of carbonyl (C=O) groups is 2. The number of aliphatic carboxylic acids is 1. The Labute approximate surface area is 130 Å². The van der Waals surface area contributed by atoms with Crippen molar-refractivity contribution >= 4 is 24.7 Å². The molecule has 6 heteroatoms. The first-order valence-electron chi connectivity index (χ1n) is 6.57. The van der Waals surface area contributed by atoms with Gasteiger partial charge in [0.05, 0.1) is 0 Å². The van der Waals surface area contributed by atoms with Crippen molar-refractivity contribution in [2.45, 2.75) is 43.7 Å². The number of ether oxygens (including phenoxy) is 1. The minimum Gasteiger partial charge on any atom is -0.480 e. The molecular formula is C15H21NO4S. The molecule has 116 valence electrons. The first-order valence-corrected chi connectivity index (χ1v) is 7.02. The van der Waals surface area contributed by atoms with Crippen LogP contribution in [0.4, 0.5) is 4.79 Å². The van der Waals surface area contributed by atoms with E-state index in [4.69, 9.17) is 4.74 Å². The summed E-state index contributed by atoms with van der Waals surface area (Å²) in [5.41, 5.74) is 0.0965. The number of hydrogen-bond donors (Lipinski definition) is 2. The minimum absolute atomic E-state index is 0.171. The van der Waals surface area contributed by atoms with Crippen molar-refractivity contribution in [3.8, 4) is 0 Å². The smallest absolute Gasteiger partial charge is 0.410 e. The van der Waals surface area contributed by atoms with Gasteiger partial charge in [-0.05, 0) is 32.4 Å². The van der Waals surface area contributed by atoms with Gasteiger partial charge in [0.25, 0.3) is 0 Å². The summed E-state index contributed by atoms with van der Waals surface area (Å²) >= 11 is 4.30. The second-order valence-corrected chi connectivity index (χ2v) is 6.26. The van der Waals surface area contributed by atoms with Crippen LogP contribution in [-0.4, -0.2) is 40.8 Å². The molecule has 0 saturated heterocycles. The van der Waals surface area contributed by atoms with Crippen molar-refractivity contribution in [2.75, 3.05) is 7.05 Å². The molecule has 0 radical (unpaired) electrons. The summed E-state index contributed by atoms with van der Waals surface area (Å²) in [6.07, 6.45) is -0.489. The van der Waals surface area contributed by atoms with Crippen molar-refractivity contribution in [1.82, 2.24) is 4.90 Å². The first kappa shape index (κ1) is 17.4. The van der Waals surface area contributed by atoms with Gasteiger partial charge >= 0.3 is 12.1 Å². The molecule has 1 aromatic carbocycles. The third-order valence-electron chi connectivity index (χ3n) is 2.84. The van der Waals surface area contributed by atoms with Crippen LogP contribution < -0.4 is 0 Å². The lowest BCUT2D eigenvalue weighted by molar-refractivity contribution is -0.142. The maximum absolute atomic E-state index is 12.0. The number of rotatable bonds is 4. The van der Waals surface area contributed by atoms with Gasteiger partial charge in [-0.15, -0.1) is 12.6 Å². The number of carboxylic acid groups (broad SMARTS) is 1. The van der Waals surface area contributed by atoms with Crippen molar-refractivity contribution in [3.05, 3.63) is 29.8 Å². The Balaban J connectivity index is 2.90. The molecule has 0 spiro atoms. The maximum Gasteiger partial charge on any atom is 0.410 e. The molecule has 0 fully saturated rings. The zero-order valence-electron chi connectivity index (χ0n) is 12.7. The number of benzene rings is 1. The average Bonchev–Trinajstić information content (AvgIpc) is 2.34. The Morgan fingerprint density at radius 3 is 2.38 bits per heavy atom. The van der Waals surface area contributed by atoms with E-state index in [9.17, 15) is 14.7 Å². The summed E-state index contributed by atoms with van der Waals surface area (Å²) in [6.45, 7) is 5.20.